The lowest BCUT2D eigenvalue weighted by molar-refractivity contribution is 0.113. The predicted octanol–water partition coefficient (Wildman–Crippen LogP) is 2.66. The molecule has 1 atom stereocenters. The van der Waals surface area contributed by atoms with Crippen LogP contribution in [-0.4, -0.2) is 38.3 Å². The van der Waals surface area contributed by atoms with E-state index < -0.39 is 0 Å². The molecule has 0 bridgehead atoms. The van der Waals surface area contributed by atoms with Crippen LogP contribution in [0.25, 0.3) is 0 Å². The number of thiophene rings is 1. The molecular weight excluding hydrogens is 244 g/mol. The molecule has 0 saturated heterocycles. The standard InChI is InChI=1S/C14H26N2OS/c1-11(2)10-16(6-7-17-4)13(9-15)14-12(3)5-8-18-14/h5,8,11,13H,6-7,9-10,15H2,1-4H3. The number of ether oxygens (including phenoxy) is 1. The maximum absolute atomic E-state index is 6.01. The van der Waals surface area contributed by atoms with Gasteiger partial charge in [-0.05, 0) is 29.9 Å². The predicted molar refractivity (Wildman–Crippen MR) is 79.1 cm³/mol. The molecule has 0 aliphatic carbocycles. The monoisotopic (exact) mass is 270 g/mol. The summed E-state index contributed by atoms with van der Waals surface area (Å²) in [4.78, 5) is 3.85. The van der Waals surface area contributed by atoms with Crippen LogP contribution in [0.4, 0.5) is 0 Å². The summed E-state index contributed by atoms with van der Waals surface area (Å²) >= 11 is 1.81. The van der Waals surface area contributed by atoms with Gasteiger partial charge in [-0.3, -0.25) is 4.90 Å². The first-order valence-corrected chi connectivity index (χ1v) is 7.45. The van der Waals surface area contributed by atoms with E-state index in [9.17, 15) is 0 Å². The smallest absolute Gasteiger partial charge is 0.0589 e. The van der Waals surface area contributed by atoms with Crippen LogP contribution in [0.5, 0.6) is 0 Å². The van der Waals surface area contributed by atoms with Gasteiger partial charge in [0.15, 0.2) is 0 Å². The van der Waals surface area contributed by atoms with Crippen LogP contribution in [0.15, 0.2) is 11.4 Å². The summed E-state index contributed by atoms with van der Waals surface area (Å²) < 4.78 is 5.22. The summed E-state index contributed by atoms with van der Waals surface area (Å²) in [5, 5.41) is 2.15. The Morgan fingerprint density at radius 1 is 1.44 bits per heavy atom. The van der Waals surface area contributed by atoms with Gasteiger partial charge in [-0.1, -0.05) is 13.8 Å². The van der Waals surface area contributed by atoms with E-state index in [0.717, 1.165) is 19.7 Å². The molecule has 0 spiro atoms. The van der Waals surface area contributed by atoms with E-state index in [-0.39, 0.29) is 0 Å². The lowest BCUT2D eigenvalue weighted by Crippen LogP contribution is -2.38. The Labute approximate surface area is 115 Å². The highest BCUT2D eigenvalue weighted by Gasteiger charge is 2.22. The Morgan fingerprint density at radius 3 is 2.61 bits per heavy atom. The van der Waals surface area contributed by atoms with Crippen molar-refractivity contribution in [1.29, 1.82) is 0 Å². The SMILES string of the molecule is COCCN(CC(C)C)C(CN)c1sccc1C. The number of hydrogen-bond acceptors (Lipinski definition) is 4. The average Bonchev–Trinajstić information content (AvgIpc) is 2.73. The van der Waals surface area contributed by atoms with Crippen molar-refractivity contribution in [2.45, 2.75) is 26.8 Å². The minimum absolute atomic E-state index is 0.322. The zero-order valence-corrected chi connectivity index (χ0v) is 12.8. The summed E-state index contributed by atoms with van der Waals surface area (Å²) in [6.45, 7) is 10.1. The molecular formula is C14H26N2OS. The molecule has 4 heteroatoms. The maximum atomic E-state index is 6.01. The van der Waals surface area contributed by atoms with Gasteiger partial charge in [0.05, 0.1) is 12.6 Å². The molecule has 3 nitrogen and oxygen atoms in total. The molecule has 0 aromatic carbocycles. The van der Waals surface area contributed by atoms with Gasteiger partial charge >= 0.3 is 0 Å². The van der Waals surface area contributed by atoms with Gasteiger partial charge in [0.2, 0.25) is 0 Å². The number of hydrogen-bond donors (Lipinski definition) is 1. The highest BCUT2D eigenvalue weighted by atomic mass is 32.1. The van der Waals surface area contributed by atoms with Crippen molar-refractivity contribution in [3.63, 3.8) is 0 Å². The van der Waals surface area contributed by atoms with Crippen LogP contribution in [0.3, 0.4) is 0 Å². The third-order valence-electron chi connectivity index (χ3n) is 3.05. The van der Waals surface area contributed by atoms with E-state index in [1.165, 1.54) is 10.4 Å². The fourth-order valence-electron chi connectivity index (χ4n) is 2.20. The summed E-state index contributed by atoms with van der Waals surface area (Å²) in [5.74, 6) is 0.635. The van der Waals surface area contributed by atoms with Gasteiger partial charge in [0.25, 0.3) is 0 Å². The van der Waals surface area contributed by atoms with Crippen molar-refractivity contribution in [3.8, 4) is 0 Å². The van der Waals surface area contributed by atoms with Gasteiger partial charge < -0.3 is 10.5 Å². The van der Waals surface area contributed by atoms with Crippen LogP contribution in [-0.2, 0) is 4.74 Å². The maximum Gasteiger partial charge on any atom is 0.0589 e. The van der Waals surface area contributed by atoms with E-state index in [4.69, 9.17) is 10.5 Å². The Morgan fingerprint density at radius 2 is 2.17 bits per heavy atom. The quantitative estimate of drug-likeness (QED) is 0.789. The van der Waals surface area contributed by atoms with Gasteiger partial charge in [-0.2, -0.15) is 0 Å². The van der Waals surface area contributed by atoms with E-state index in [2.05, 4.69) is 37.1 Å². The fourth-order valence-corrected chi connectivity index (χ4v) is 3.27. The Hall–Kier alpha value is -0.420. The minimum atomic E-state index is 0.322. The zero-order chi connectivity index (χ0) is 13.5. The first kappa shape index (κ1) is 15.6. The van der Waals surface area contributed by atoms with Crippen LogP contribution in [0.1, 0.15) is 30.3 Å². The van der Waals surface area contributed by atoms with Crippen LogP contribution in [0.2, 0.25) is 0 Å². The second-order valence-corrected chi connectivity index (χ2v) is 6.05. The normalized spacial score (nSPS) is 13.5. The molecule has 0 aliphatic heterocycles. The molecule has 0 saturated carbocycles. The Kier molecular flexibility index (Phi) is 6.86. The molecule has 0 fully saturated rings. The van der Waals surface area contributed by atoms with Gasteiger partial charge in [0.1, 0.15) is 0 Å². The topological polar surface area (TPSA) is 38.5 Å². The summed E-state index contributed by atoms with van der Waals surface area (Å²) in [6, 6.07) is 2.49. The third kappa shape index (κ3) is 4.35. The minimum Gasteiger partial charge on any atom is -0.383 e. The van der Waals surface area contributed by atoms with E-state index in [1.807, 2.05) is 11.3 Å². The molecule has 1 heterocycles. The average molecular weight is 270 g/mol. The van der Waals surface area contributed by atoms with Crippen molar-refractivity contribution in [3.05, 3.63) is 21.9 Å². The van der Waals surface area contributed by atoms with Crippen molar-refractivity contribution in [1.82, 2.24) is 4.90 Å². The highest BCUT2D eigenvalue weighted by molar-refractivity contribution is 7.10. The molecule has 0 radical (unpaired) electrons. The molecule has 1 aromatic heterocycles. The molecule has 18 heavy (non-hydrogen) atoms. The Bertz CT molecular complexity index is 338. The highest BCUT2D eigenvalue weighted by Crippen LogP contribution is 2.28. The number of nitrogens with two attached hydrogens (primary N) is 1. The molecule has 0 amide bonds. The summed E-state index contributed by atoms with van der Waals surface area (Å²) in [6.07, 6.45) is 0. The van der Waals surface area contributed by atoms with Crippen molar-refractivity contribution < 1.29 is 4.74 Å². The Balaban J connectivity index is 2.82. The van der Waals surface area contributed by atoms with E-state index in [1.54, 1.807) is 7.11 Å². The largest absolute Gasteiger partial charge is 0.383 e. The lowest BCUT2D eigenvalue weighted by Gasteiger charge is -2.32. The summed E-state index contributed by atoms with van der Waals surface area (Å²) in [7, 11) is 1.75. The van der Waals surface area contributed by atoms with Crippen molar-refractivity contribution in [2.24, 2.45) is 11.7 Å². The number of rotatable bonds is 8. The number of methoxy groups -OCH3 is 1. The second-order valence-electron chi connectivity index (χ2n) is 5.10. The van der Waals surface area contributed by atoms with Crippen LogP contribution >= 0.6 is 11.3 Å². The van der Waals surface area contributed by atoms with E-state index in [0.29, 0.717) is 18.5 Å². The first-order chi connectivity index (χ1) is 8.60. The number of nitrogens with zero attached hydrogens (tertiary/aromatic N) is 1. The number of aryl methyl sites for hydroxylation is 1. The van der Waals surface area contributed by atoms with Gasteiger partial charge in [0, 0.05) is 31.6 Å². The molecule has 0 aliphatic rings. The molecule has 1 aromatic rings. The lowest BCUT2D eigenvalue weighted by atomic mass is 10.1. The first-order valence-electron chi connectivity index (χ1n) is 6.57. The van der Waals surface area contributed by atoms with Crippen LogP contribution in [0, 0.1) is 12.8 Å². The fraction of sp³-hybridized carbons (Fsp3) is 0.714. The van der Waals surface area contributed by atoms with Crippen molar-refractivity contribution in [2.75, 3.05) is 33.4 Å². The van der Waals surface area contributed by atoms with Crippen LogP contribution < -0.4 is 5.73 Å². The van der Waals surface area contributed by atoms with Gasteiger partial charge in [-0.25, -0.2) is 0 Å². The second kappa shape index (κ2) is 7.89. The molecule has 104 valence electrons. The van der Waals surface area contributed by atoms with Gasteiger partial charge in [-0.15, -0.1) is 11.3 Å². The van der Waals surface area contributed by atoms with E-state index >= 15 is 0 Å². The molecule has 1 unspecified atom stereocenters. The summed E-state index contributed by atoms with van der Waals surface area (Å²) in [5.41, 5.74) is 7.35. The zero-order valence-electron chi connectivity index (χ0n) is 12.0. The third-order valence-corrected chi connectivity index (χ3v) is 4.17. The molecule has 1 rings (SSSR count). The molecule has 2 N–H and O–H groups in total. The van der Waals surface area contributed by atoms with Crippen molar-refractivity contribution >= 4 is 11.3 Å².